The number of aromatic nitrogens is 2. The molecule has 1 amide bonds. The summed E-state index contributed by atoms with van der Waals surface area (Å²) >= 11 is 5.96. The highest BCUT2D eigenvalue weighted by Gasteiger charge is 2.12. The average molecular weight is 383 g/mol. The third kappa shape index (κ3) is 4.74. The van der Waals surface area contributed by atoms with E-state index in [-0.39, 0.29) is 11.6 Å². The van der Waals surface area contributed by atoms with E-state index in [9.17, 15) is 4.79 Å². The van der Waals surface area contributed by atoms with Gasteiger partial charge in [-0.05, 0) is 49.7 Å². The molecule has 0 aliphatic rings. The van der Waals surface area contributed by atoms with Crippen LogP contribution in [0.25, 0.3) is 0 Å². The lowest BCUT2D eigenvalue weighted by molar-refractivity contribution is 0.102. The van der Waals surface area contributed by atoms with Crippen molar-refractivity contribution in [2.45, 2.75) is 13.8 Å². The normalized spacial score (nSPS) is 10.4. The lowest BCUT2D eigenvalue weighted by Crippen LogP contribution is -2.16. The van der Waals surface area contributed by atoms with Crippen LogP contribution in [0, 0.1) is 13.8 Å². The number of halogens is 1. The van der Waals surface area contributed by atoms with Gasteiger partial charge in [0, 0.05) is 28.5 Å². The van der Waals surface area contributed by atoms with E-state index in [0.717, 1.165) is 17.0 Å². The van der Waals surface area contributed by atoms with Gasteiger partial charge in [0.25, 0.3) is 5.91 Å². The summed E-state index contributed by atoms with van der Waals surface area (Å²) in [4.78, 5) is 21.2. The van der Waals surface area contributed by atoms with Crippen LogP contribution >= 0.6 is 11.6 Å². The highest BCUT2D eigenvalue weighted by atomic mass is 35.5. The maximum atomic E-state index is 12.6. The molecule has 138 valence electrons. The lowest BCUT2D eigenvalue weighted by atomic mass is 10.2. The molecule has 0 saturated heterocycles. The predicted octanol–water partition coefficient (Wildman–Crippen LogP) is 4.75. The molecule has 3 aromatic rings. The number of nitrogens with one attached hydrogen (secondary N) is 2. The Balaban J connectivity index is 1.82. The first-order chi connectivity index (χ1) is 12.9. The third-order valence-electron chi connectivity index (χ3n) is 3.85. The molecule has 0 saturated carbocycles. The molecule has 0 aliphatic heterocycles. The van der Waals surface area contributed by atoms with E-state index < -0.39 is 0 Å². The molecule has 3 rings (SSSR count). The van der Waals surface area contributed by atoms with Crippen molar-refractivity contribution >= 4 is 34.7 Å². The second kappa shape index (κ2) is 8.05. The SMILES string of the molecule is COc1cccc(Nc2cc(C(=O)Nc3ccc(Cl)cc3C)nc(C)n2)c1. The Hall–Kier alpha value is -3.12. The second-order valence-electron chi connectivity index (χ2n) is 5.96. The Kier molecular flexibility index (Phi) is 5.57. The fraction of sp³-hybridized carbons (Fsp3) is 0.150. The third-order valence-corrected chi connectivity index (χ3v) is 4.08. The number of amides is 1. The number of benzene rings is 2. The van der Waals surface area contributed by atoms with Crippen molar-refractivity contribution in [1.29, 1.82) is 0 Å². The minimum absolute atomic E-state index is 0.266. The predicted molar refractivity (Wildman–Crippen MR) is 107 cm³/mol. The monoisotopic (exact) mass is 382 g/mol. The zero-order chi connectivity index (χ0) is 19.4. The van der Waals surface area contributed by atoms with Gasteiger partial charge in [-0.1, -0.05) is 17.7 Å². The Morgan fingerprint density at radius 1 is 1.07 bits per heavy atom. The topological polar surface area (TPSA) is 76.1 Å². The fourth-order valence-electron chi connectivity index (χ4n) is 2.55. The molecule has 0 unspecified atom stereocenters. The maximum absolute atomic E-state index is 12.6. The number of aryl methyl sites for hydroxylation is 2. The molecule has 2 N–H and O–H groups in total. The lowest BCUT2D eigenvalue weighted by Gasteiger charge is -2.11. The van der Waals surface area contributed by atoms with Crippen molar-refractivity contribution < 1.29 is 9.53 Å². The van der Waals surface area contributed by atoms with Crippen LogP contribution in [-0.2, 0) is 0 Å². The fourth-order valence-corrected chi connectivity index (χ4v) is 2.78. The molecule has 0 aliphatic carbocycles. The number of rotatable bonds is 5. The van der Waals surface area contributed by atoms with Gasteiger partial charge in [-0.2, -0.15) is 0 Å². The van der Waals surface area contributed by atoms with Crippen LogP contribution < -0.4 is 15.4 Å². The van der Waals surface area contributed by atoms with E-state index in [1.54, 1.807) is 38.3 Å². The number of hydrogen-bond donors (Lipinski definition) is 2. The molecular weight excluding hydrogens is 364 g/mol. The zero-order valence-electron chi connectivity index (χ0n) is 15.2. The first-order valence-electron chi connectivity index (χ1n) is 8.29. The molecule has 6 nitrogen and oxygen atoms in total. The number of carbonyl (C=O) groups excluding carboxylic acids is 1. The average Bonchev–Trinajstić information content (AvgIpc) is 2.63. The summed E-state index contributed by atoms with van der Waals surface area (Å²) in [6.07, 6.45) is 0. The minimum Gasteiger partial charge on any atom is -0.497 e. The van der Waals surface area contributed by atoms with Crippen LogP contribution in [-0.4, -0.2) is 23.0 Å². The summed E-state index contributed by atoms with van der Waals surface area (Å²) < 4.78 is 5.22. The quantitative estimate of drug-likeness (QED) is 0.665. The Labute approximate surface area is 162 Å². The summed E-state index contributed by atoms with van der Waals surface area (Å²) in [6.45, 7) is 3.61. The van der Waals surface area contributed by atoms with Gasteiger partial charge < -0.3 is 15.4 Å². The number of anilines is 3. The van der Waals surface area contributed by atoms with Crippen LogP contribution in [0.1, 0.15) is 21.9 Å². The van der Waals surface area contributed by atoms with E-state index in [1.165, 1.54) is 0 Å². The van der Waals surface area contributed by atoms with E-state index in [2.05, 4.69) is 20.6 Å². The molecular formula is C20H19ClN4O2. The smallest absolute Gasteiger partial charge is 0.274 e. The number of carbonyl (C=O) groups is 1. The molecule has 0 fully saturated rings. The molecule has 1 heterocycles. The summed E-state index contributed by atoms with van der Waals surface area (Å²) in [6, 6.07) is 14.3. The Morgan fingerprint density at radius 3 is 2.63 bits per heavy atom. The van der Waals surface area contributed by atoms with Gasteiger partial charge in [0.15, 0.2) is 0 Å². The molecule has 0 atom stereocenters. The van der Waals surface area contributed by atoms with Gasteiger partial charge in [-0.15, -0.1) is 0 Å². The molecule has 1 aromatic heterocycles. The molecule has 7 heteroatoms. The number of hydrogen-bond acceptors (Lipinski definition) is 5. The molecule has 0 bridgehead atoms. The van der Waals surface area contributed by atoms with E-state index in [4.69, 9.17) is 16.3 Å². The van der Waals surface area contributed by atoms with E-state index >= 15 is 0 Å². The maximum Gasteiger partial charge on any atom is 0.274 e. The molecule has 2 aromatic carbocycles. The van der Waals surface area contributed by atoms with E-state index in [1.807, 2.05) is 31.2 Å². The van der Waals surface area contributed by atoms with Gasteiger partial charge in [0.05, 0.1) is 7.11 Å². The highest BCUT2D eigenvalue weighted by molar-refractivity contribution is 6.30. The van der Waals surface area contributed by atoms with Gasteiger partial charge in [-0.25, -0.2) is 9.97 Å². The van der Waals surface area contributed by atoms with Crippen LogP contribution in [0.2, 0.25) is 5.02 Å². The largest absolute Gasteiger partial charge is 0.497 e. The summed E-state index contributed by atoms with van der Waals surface area (Å²) in [5.74, 6) is 1.41. The number of ether oxygens (including phenoxy) is 1. The minimum atomic E-state index is -0.320. The van der Waals surface area contributed by atoms with Gasteiger partial charge >= 0.3 is 0 Å². The van der Waals surface area contributed by atoms with Gasteiger partial charge in [0.2, 0.25) is 0 Å². The van der Waals surface area contributed by atoms with Crippen molar-refractivity contribution in [2.24, 2.45) is 0 Å². The zero-order valence-corrected chi connectivity index (χ0v) is 16.0. The van der Waals surface area contributed by atoms with Crippen LogP contribution in [0.3, 0.4) is 0 Å². The Bertz CT molecular complexity index is 991. The van der Waals surface area contributed by atoms with Crippen LogP contribution in [0.5, 0.6) is 5.75 Å². The Morgan fingerprint density at radius 2 is 1.89 bits per heavy atom. The standard InChI is InChI=1S/C20H19ClN4O2/c1-12-9-14(21)7-8-17(12)25-20(26)18-11-19(23-13(2)22-18)24-15-5-4-6-16(10-15)27-3/h4-11H,1-3H3,(H,25,26)(H,22,23,24). The molecule has 0 spiro atoms. The molecule has 0 radical (unpaired) electrons. The molecule has 27 heavy (non-hydrogen) atoms. The first-order valence-corrected chi connectivity index (χ1v) is 8.66. The van der Waals surface area contributed by atoms with Gasteiger partial charge in [-0.3, -0.25) is 4.79 Å². The van der Waals surface area contributed by atoms with Crippen molar-refractivity contribution in [3.63, 3.8) is 0 Å². The van der Waals surface area contributed by atoms with E-state index in [0.29, 0.717) is 22.4 Å². The first kappa shape index (κ1) is 18.7. The van der Waals surface area contributed by atoms with Crippen LogP contribution in [0.4, 0.5) is 17.2 Å². The highest BCUT2D eigenvalue weighted by Crippen LogP contribution is 2.22. The summed E-state index contributed by atoms with van der Waals surface area (Å²) in [7, 11) is 1.61. The summed E-state index contributed by atoms with van der Waals surface area (Å²) in [5, 5.41) is 6.64. The van der Waals surface area contributed by atoms with Crippen molar-refractivity contribution in [3.8, 4) is 5.75 Å². The second-order valence-corrected chi connectivity index (χ2v) is 6.39. The number of methoxy groups -OCH3 is 1. The van der Waals surface area contributed by atoms with Crippen molar-refractivity contribution in [1.82, 2.24) is 9.97 Å². The van der Waals surface area contributed by atoms with Crippen LogP contribution in [0.15, 0.2) is 48.5 Å². The number of nitrogens with zero attached hydrogens (tertiary/aromatic N) is 2. The summed E-state index contributed by atoms with van der Waals surface area (Å²) in [5.41, 5.74) is 2.62. The van der Waals surface area contributed by atoms with Crippen molar-refractivity contribution in [2.75, 3.05) is 17.7 Å². The van der Waals surface area contributed by atoms with Gasteiger partial charge in [0.1, 0.15) is 23.1 Å². The van der Waals surface area contributed by atoms with Crippen molar-refractivity contribution in [3.05, 3.63) is 70.6 Å².